The lowest BCUT2D eigenvalue weighted by Crippen LogP contribution is -2.32. The highest BCUT2D eigenvalue weighted by Gasteiger charge is 2.29. The average molecular weight is 543 g/mol. The Balaban J connectivity index is 1.76. The summed E-state index contributed by atoms with van der Waals surface area (Å²) in [6.07, 6.45) is 0. The quantitative estimate of drug-likeness (QED) is 0.257. The SMILES string of the molecule is CCOC(=O)c1cccc(NC(=O)c2ccccc2N(Cc2ccccc2)S(=O)(=O)c2ccc(C)cc2)c1C. The van der Waals surface area contributed by atoms with Crippen molar-refractivity contribution in [3.63, 3.8) is 0 Å². The molecule has 1 amide bonds. The van der Waals surface area contributed by atoms with E-state index in [0.717, 1.165) is 11.1 Å². The van der Waals surface area contributed by atoms with E-state index in [1.807, 2.05) is 37.3 Å². The summed E-state index contributed by atoms with van der Waals surface area (Å²) in [5, 5.41) is 2.85. The van der Waals surface area contributed by atoms with Gasteiger partial charge in [0.15, 0.2) is 0 Å². The van der Waals surface area contributed by atoms with Crippen LogP contribution < -0.4 is 9.62 Å². The lowest BCUT2D eigenvalue weighted by Gasteiger charge is -2.27. The van der Waals surface area contributed by atoms with Gasteiger partial charge >= 0.3 is 5.97 Å². The van der Waals surface area contributed by atoms with Crippen LogP contribution in [0.25, 0.3) is 0 Å². The molecule has 7 nitrogen and oxygen atoms in total. The molecule has 0 aliphatic rings. The molecule has 0 bridgehead atoms. The van der Waals surface area contributed by atoms with Crippen LogP contribution in [0.15, 0.2) is 102 Å². The highest BCUT2D eigenvalue weighted by atomic mass is 32.2. The molecule has 4 rings (SSSR count). The number of carbonyl (C=O) groups is 2. The Morgan fingerprint density at radius 3 is 2.13 bits per heavy atom. The molecule has 4 aromatic rings. The maximum atomic E-state index is 14.0. The smallest absolute Gasteiger partial charge is 0.338 e. The molecular formula is C31H30N2O5S. The molecule has 4 aromatic carbocycles. The van der Waals surface area contributed by atoms with E-state index in [9.17, 15) is 18.0 Å². The van der Waals surface area contributed by atoms with Crippen molar-refractivity contribution >= 4 is 33.3 Å². The number of hydrogen-bond acceptors (Lipinski definition) is 5. The number of benzene rings is 4. The average Bonchev–Trinajstić information content (AvgIpc) is 2.93. The number of esters is 1. The molecule has 8 heteroatoms. The maximum absolute atomic E-state index is 14.0. The van der Waals surface area contributed by atoms with Gasteiger partial charge in [0.1, 0.15) is 0 Å². The van der Waals surface area contributed by atoms with Crippen molar-refractivity contribution in [2.75, 3.05) is 16.2 Å². The molecule has 0 saturated carbocycles. The number of hydrogen-bond donors (Lipinski definition) is 1. The molecule has 0 atom stereocenters. The number of sulfonamides is 1. The number of anilines is 2. The number of aryl methyl sites for hydroxylation is 1. The zero-order chi connectivity index (χ0) is 28.0. The minimum Gasteiger partial charge on any atom is -0.462 e. The van der Waals surface area contributed by atoms with Crippen molar-refractivity contribution in [3.05, 3.63) is 125 Å². The van der Waals surface area contributed by atoms with E-state index < -0.39 is 21.9 Å². The van der Waals surface area contributed by atoms with E-state index >= 15 is 0 Å². The molecular weight excluding hydrogens is 512 g/mol. The number of nitrogens with zero attached hydrogens (tertiary/aromatic N) is 1. The first-order valence-corrected chi connectivity index (χ1v) is 14.0. The first kappa shape index (κ1) is 27.6. The van der Waals surface area contributed by atoms with Gasteiger partial charge in [0.05, 0.1) is 34.9 Å². The fourth-order valence-corrected chi connectivity index (χ4v) is 5.63. The van der Waals surface area contributed by atoms with Gasteiger partial charge in [0, 0.05) is 5.69 Å². The van der Waals surface area contributed by atoms with Crippen LogP contribution in [0.4, 0.5) is 11.4 Å². The Labute approximate surface area is 229 Å². The predicted octanol–water partition coefficient (Wildman–Crippen LogP) is 6.13. The summed E-state index contributed by atoms with van der Waals surface area (Å²) in [5.74, 6) is -0.989. The third-order valence-corrected chi connectivity index (χ3v) is 8.05. The van der Waals surface area contributed by atoms with Gasteiger partial charge in [-0.2, -0.15) is 0 Å². The van der Waals surface area contributed by atoms with Gasteiger partial charge in [-0.05, 0) is 68.3 Å². The third kappa shape index (κ3) is 6.18. The molecule has 0 aliphatic heterocycles. The zero-order valence-electron chi connectivity index (χ0n) is 22.0. The molecule has 0 spiro atoms. The van der Waals surface area contributed by atoms with Gasteiger partial charge in [-0.1, -0.05) is 66.2 Å². The number of para-hydroxylation sites is 1. The third-order valence-electron chi connectivity index (χ3n) is 6.27. The summed E-state index contributed by atoms with van der Waals surface area (Å²) in [4.78, 5) is 26.1. The molecule has 0 saturated heterocycles. The van der Waals surface area contributed by atoms with E-state index in [-0.39, 0.29) is 29.3 Å². The van der Waals surface area contributed by atoms with Gasteiger partial charge in [-0.3, -0.25) is 9.10 Å². The van der Waals surface area contributed by atoms with Crippen molar-refractivity contribution in [3.8, 4) is 0 Å². The number of ether oxygens (including phenoxy) is 1. The zero-order valence-corrected chi connectivity index (χ0v) is 22.9. The van der Waals surface area contributed by atoms with Crippen LogP contribution in [-0.2, 0) is 21.3 Å². The van der Waals surface area contributed by atoms with E-state index in [0.29, 0.717) is 16.8 Å². The van der Waals surface area contributed by atoms with Gasteiger partial charge < -0.3 is 10.1 Å². The van der Waals surface area contributed by atoms with Crippen LogP contribution in [-0.4, -0.2) is 26.9 Å². The van der Waals surface area contributed by atoms with E-state index in [2.05, 4.69) is 5.32 Å². The highest BCUT2D eigenvalue weighted by Crippen LogP contribution is 2.30. The van der Waals surface area contributed by atoms with Crippen molar-refractivity contribution in [1.82, 2.24) is 0 Å². The topological polar surface area (TPSA) is 92.8 Å². The Kier molecular flexibility index (Phi) is 8.46. The standard InChI is InChI=1S/C31H30N2O5S/c1-4-38-31(35)26-14-10-15-28(23(26)3)32-30(34)27-13-8-9-16-29(27)33(21-24-11-6-5-7-12-24)39(36,37)25-19-17-22(2)18-20-25/h5-20H,4,21H2,1-3H3,(H,32,34). The Hall–Kier alpha value is -4.43. The summed E-state index contributed by atoms with van der Waals surface area (Å²) in [6.45, 7) is 5.59. The van der Waals surface area contributed by atoms with Gasteiger partial charge in [0.25, 0.3) is 15.9 Å². The molecule has 200 valence electrons. The number of carbonyl (C=O) groups excluding carboxylic acids is 2. The Bertz CT molecular complexity index is 1580. The second-order valence-corrected chi connectivity index (χ2v) is 10.8. The van der Waals surface area contributed by atoms with Crippen LogP contribution in [0, 0.1) is 13.8 Å². The lowest BCUT2D eigenvalue weighted by molar-refractivity contribution is 0.0525. The summed E-state index contributed by atoms with van der Waals surface area (Å²) in [6, 6.07) is 27.4. The Morgan fingerprint density at radius 2 is 1.44 bits per heavy atom. The predicted molar refractivity (Wildman–Crippen MR) is 153 cm³/mol. The van der Waals surface area contributed by atoms with Gasteiger partial charge in [0.2, 0.25) is 0 Å². The van der Waals surface area contributed by atoms with Crippen LogP contribution in [0.1, 0.15) is 44.3 Å². The molecule has 0 aliphatic carbocycles. The molecule has 0 radical (unpaired) electrons. The highest BCUT2D eigenvalue weighted by molar-refractivity contribution is 7.92. The fraction of sp³-hybridized carbons (Fsp3) is 0.161. The summed E-state index contributed by atoms with van der Waals surface area (Å²) in [7, 11) is -4.04. The number of nitrogens with one attached hydrogen (secondary N) is 1. The molecule has 0 aromatic heterocycles. The van der Waals surface area contributed by atoms with E-state index in [1.54, 1.807) is 80.6 Å². The van der Waals surface area contributed by atoms with Crippen molar-refractivity contribution in [2.24, 2.45) is 0 Å². The normalized spacial score (nSPS) is 11.1. The maximum Gasteiger partial charge on any atom is 0.338 e. The van der Waals surface area contributed by atoms with Gasteiger partial charge in [-0.25, -0.2) is 13.2 Å². The largest absolute Gasteiger partial charge is 0.462 e. The number of amides is 1. The molecule has 0 unspecified atom stereocenters. The molecule has 0 fully saturated rings. The first-order valence-electron chi connectivity index (χ1n) is 12.5. The van der Waals surface area contributed by atoms with Crippen LogP contribution in [0.5, 0.6) is 0 Å². The van der Waals surface area contributed by atoms with Crippen molar-refractivity contribution in [2.45, 2.75) is 32.2 Å². The Morgan fingerprint density at radius 1 is 0.795 bits per heavy atom. The van der Waals surface area contributed by atoms with Crippen molar-refractivity contribution in [1.29, 1.82) is 0 Å². The second-order valence-electron chi connectivity index (χ2n) is 8.98. The van der Waals surface area contributed by atoms with E-state index in [4.69, 9.17) is 4.74 Å². The second kappa shape index (κ2) is 12.0. The minimum absolute atomic E-state index is 0.0265. The molecule has 1 N–H and O–H groups in total. The van der Waals surface area contributed by atoms with Crippen molar-refractivity contribution < 1.29 is 22.7 Å². The fourth-order valence-electron chi connectivity index (χ4n) is 4.16. The lowest BCUT2D eigenvalue weighted by atomic mass is 10.1. The summed E-state index contributed by atoms with van der Waals surface area (Å²) in [5.41, 5.74) is 3.43. The van der Waals surface area contributed by atoms with Crippen LogP contribution in [0.2, 0.25) is 0 Å². The van der Waals surface area contributed by atoms with Crippen LogP contribution >= 0.6 is 0 Å². The summed E-state index contributed by atoms with van der Waals surface area (Å²) >= 11 is 0. The van der Waals surface area contributed by atoms with Gasteiger partial charge in [-0.15, -0.1) is 0 Å². The van der Waals surface area contributed by atoms with E-state index in [1.165, 1.54) is 4.31 Å². The summed E-state index contributed by atoms with van der Waals surface area (Å²) < 4.78 is 34.3. The monoisotopic (exact) mass is 542 g/mol. The molecule has 0 heterocycles. The minimum atomic E-state index is -4.04. The van der Waals surface area contributed by atoms with Crippen LogP contribution in [0.3, 0.4) is 0 Å². The first-order chi connectivity index (χ1) is 18.7. The molecule has 39 heavy (non-hydrogen) atoms. The number of rotatable bonds is 9.